The van der Waals surface area contributed by atoms with Crippen LogP contribution < -0.4 is 5.32 Å². The van der Waals surface area contributed by atoms with Crippen LogP contribution in [0.4, 0.5) is 0 Å². The van der Waals surface area contributed by atoms with Crippen molar-refractivity contribution in [3.8, 4) is 0 Å². The highest BCUT2D eigenvalue weighted by molar-refractivity contribution is 4.90. The lowest BCUT2D eigenvalue weighted by atomic mass is 9.89. The second-order valence-corrected chi connectivity index (χ2v) is 4.72. The Bertz CT molecular complexity index is 160. The summed E-state index contributed by atoms with van der Waals surface area (Å²) in [6.45, 7) is 2.51. The van der Waals surface area contributed by atoms with Gasteiger partial charge in [-0.1, -0.05) is 6.42 Å². The van der Waals surface area contributed by atoms with E-state index in [1.54, 1.807) is 0 Å². The fourth-order valence-corrected chi connectivity index (χ4v) is 3.12. The van der Waals surface area contributed by atoms with E-state index in [-0.39, 0.29) is 0 Å². The summed E-state index contributed by atoms with van der Waals surface area (Å²) in [5, 5.41) is 12.1. The molecular formula is C11H21NO. The van der Waals surface area contributed by atoms with Crippen LogP contribution in [0.2, 0.25) is 0 Å². The van der Waals surface area contributed by atoms with Gasteiger partial charge in [0, 0.05) is 6.61 Å². The molecular weight excluding hydrogens is 162 g/mol. The topological polar surface area (TPSA) is 32.3 Å². The minimum atomic E-state index is 0.323. The van der Waals surface area contributed by atoms with Gasteiger partial charge in [0.1, 0.15) is 0 Å². The van der Waals surface area contributed by atoms with Gasteiger partial charge >= 0.3 is 0 Å². The van der Waals surface area contributed by atoms with E-state index in [0.717, 1.165) is 30.7 Å². The van der Waals surface area contributed by atoms with E-state index in [1.165, 1.54) is 32.2 Å². The maximum atomic E-state index is 8.62. The molecule has 0 spiro atoms. The summed E-state index contributed by atoms with van der Waals surface area (Å²) in [6, 6.07) is 0. The molecule has 3 unspecified atom stereocenters. The first kappa shape index (κ1) is 9.47. The van der Waals surface area contributed by atoms with Crippen molar-refractivity contribution in [1.82, 2.24) is 5.32 Å². The van der Waals surface area contributed by atoms with Crippen LogP contribution in [0.1, 0.15) is 32.1 Å². The van der Waals surface area contributed by atoms with Crippen LogP contribution in [0.25, 0.3) is 0 Å². The van der Waals surface area contributed by atoms with Crippen LogP contribution in [-0.4, -0.2) is 24.8 Å². The van der Waals surface area contributed by atoms with Gasteiger partial charge in [-0.15, -0.1) is 0 Å². The molecule has 2 nitrogen and oxygen atoms in total. The molecule has 0 aliphatic heterocycles. The summed E-state index contributed by atoms with van der Waals surface area (Å²) in [6.07, 6.45) is 6.86. The molecule has 2 saturated carbocycles. The van der Waals surface area contributed by atoms with Crippen molar-refractivity contribution in [2.75, 3.05) is 19.7 Å². The fourth-order valence-electron chi connectivity index (χ4n) is 3.12. The Morgan fingerprint density at radius 3 is 2.77 bits per heavy atom. The molecule has 0 radical (unpaired) electrons. The Balaban J connectivity index is 1.60. The van der Waals surface area contributed by atoms with Gasteiger partial charge < -0.3 is 10.4 Å². The average molecular weight is 183 g/mol. The maximum absolute atomic E-state index is 8.62. The van der Waals surface area contributed by atoms with E-state index in [9.17, 15) is 0 Å². The smallest absolute Gasteiger partial charge is 0.0443 e. The number of aliphatic hydroxyl groups excluding tert-OH is 1. The van der Waals surface area contributed by atoms with Crippen molar-refractivity contribution in [3.63, 3.8) is 0 Å². The van der Waals surface area contributed by atoms with Crippen LogP contribution in [0.15, 0.2) is 0 Å². The quantitative estimate of drug-likeness (QED) is 0.631. The number of hydrogen-bond donors (Lipinski definition) is 2. The molecule has 0 aromatic heterocycles. The van der Waals surface area contributed by atoms with E-state index in [1.807, 2.05) is 0 Å². The molecule has 13 heavy (non-hydrogen) atoms. The zero-order chi connectivity index (χ0) is 9.10. The molecule has 0 amide bonds. The highest BCUT2D eigenvalue weighted by Crippen LogP contribution is 2.47. The van der Waals surface area contributed by atoms with Crippen LogP contribution in [0.3, 0.4) is 0 Å². The zero-order valence-corrected chi connectivity index (χ0v) is 8.34. The van der Waals surface area contributed by atoms with Gasteiger partial charge in [0.2, 0.25) is 0 Å². The van der Waals surface area contributed by atoms with Crippen molar-refractivity contribution in [2.45, 2.75) is 32.1 Å². The number of rotatable bonds is 5. The molecule has 2 rings (SSSR count). The van der Waals surface area contributed by atoms with E-state index in [2.05, 4.69) is 5.32 Å². The van der Waals surface area contributed by atoms with E-state index >= 15 is 0 Å². The molecule has 2 heteroatoms. The monoisotopic (exact) mass is 183 g/mol. The third-order valence-electron chi connectivity index (χ3n) is 3.80. The van der Waals surface area contributed by atoms with Gasteiger partial charge in [0.25, 0.3) is 0 Å². The third-order valence-corrected chi connectivity index (χ3v) is 3.80. The lowest BCUT2D eigenvalue weighted by Crippen LogP contribution is -2.27. The first-order chi connectivity index (χ1) is 6.40. The van der Waals surface area contributed by atoms with Crippen LogP contribution in [0, 0.1) is 17.8 Å². The minimum absolute atomic E-state index is 0.323. The normalized spacial score (nSPS) is 37.2. The Hall–Kier alpha value is -0.0800. The predicted octanol–water partition coefficient (Wildman–Crippen LogP) is 1.39. The summed E-state index contributed by atoms with van der Waals surface area (Å²) in [4.78, 5) is 0. The minimum Gasteiger partial charge on any atom is -0.396 e. The van der Waals surface area contributed by atoms with Gasteiger partial charge in [-0.25, -0.2) is 0 Å². The molecule has 0 aromatic carbocycles. The molecule has 0 heterocycles. The number of hydrogen-bond acceptors (Lipinski definition) is 2. The molecule has 3 atom stereocenters. The van der Waals surface area contributed by atoms with Crippen LogP contribution in [0.5, 0.6) is 0 Å². The highest BCUT2D eigenvalue weighted by Gasteiger charge is 2.38. The third kappa shape index (κ3) is 2.23. The lowest BCUT2D eigenvalue weighted by Gasteiger charge is -2.21. The first-order valence-electron chi connectivity index (χ1n) is 5.71. The average Bonchev–Trinajstić information content (AvgIpc) is 2.73. The van der Waals surface area contributed by atoms with Gasteiger partial charge in [-0.2, -0.15) is 0 Å². The molecule has 2 fully saturated rings. The van der Waals surface area contributed by atoms with Gasteiger partial charge in [0.05, 0.1) is 0 Å². The second kappa shape index (κ2) is 4.43. The summed E-state index contributed by atoms with van der Waals surface area (Å²) >= 11 is 0. The molecule has 2 N–H and O–H groups in total. The largest absolute Gasteiger partial charge is 0.396 e. The Morgan fingerprint density at radius 1 is 1.23 bits per heavy atom. The molecule has 2 aliphatic rings. The van der Waals surface area contributed by atoms with Crippen molar-refractivity contribution in [2.24, 2.45) is 17.8 Å². The van der Waals surface area contributed by atoms with Gasteiger partial charge in [-0.05, 0) is 56.5 Å². The highest BCUT2D eigenvalue weighted by atomic mass is 16.3. The van der Waals surface area contributed by atoms with Crippen molar-refractivity contribution in [3.05, 3.63) is 0 Å². The van der Waals surface area contributed by atoms with Gasteiger partial charge in [0.15, 0.2) is 0 Å². The lowest BCUT2D eigenvalue weighted by molar-refractivity contribution is 0.277. The molecule has 76 valence electrons. The Kier molecular flexibility index (Phi) is 3.23. The Labute approximate surface area is 80.7 Å². The van der Waals surface area contributed by atoms with Crippen LogP contribution >= 0.6 is 0 Å². The van der Waals surface area contributed by atoms with E-state index in [0.29, 0.717) is 6.61 Å². The van der Waals surface area contributed by atoms with Gasteiger partial charge in [-0.3, -0.25) is 0 Å². The zero-order valence-electron chi connectivity index (χ0n) is 8.34. The predicted molar refractivity (Wildman–Crippen MR) is 53.5 cm³/mol. The standard InChI is InChI=1S/C11H21NO/c13-5-1-4-12-8-11-7-9-2-3-10(11)6-9/h9-13H,1-8H2. The summed E-state index contributed by atoms with van der Waals surface area (Å²) < 4.78 is 0. The Morgan fingerprint density at radius 2 is 2.15 bits per heavy atom. The van der Waals surface area contributed by atoms with Crippen molar-refractivity contribution in [1.29, 1.82) is 0 Å². The number of fused-ring (bicyclic) bond motifs is 2. The van der Waals surface area contributed by atoms with Crippen LogP contribution in [-0.2, 0) is 0 Å². The molecule has 2 aliphatic carbocycles. The van der Waals surface area contributed by atoms with E-state index in [4.69, 9.17) is 5.11 Å². The number of nitrogens with one attached hydrogen (secondary N) is 1. The molecule has 0 aromatic rings. The second-order valence-electron chi connectivity index (χ2n) is 4.72. The van der Waals surface area contributed by atoms with E-state index < -0.39 is 0 Å². The fraction of sp³-hybridized carbons (Fsp3) is 1.00. The first-order valence-corrected chi connectivity index (χ1v) is 5.71. The van der Waals surface area contributed by atoms with Crippen molar-refractivity contribution < 1.29 is 5.11 Å². The SMILES string of the molecule is OCCCNCC1CC2CCC1C2. The molecule has 0 saturated heterocycles. The number of aliphatic hydroxyl groups is 1. The maximum Gasteiger partial charge on any atom is 0.0443 e. The summed E-state index contributed by atoms with van der Waals surface area (Å²) in [7, 11) is 0. The van der Waals surface area contributed by atoms with Crippen molar-refractivity contribution >= 4 is 0 Å². The summed E-state index contributed by atoms with van der Waals surface area (Å²) in [5.74, 6) is 3.05. The summed E-state index contributed by atoms with van der Waals surface area (Å²) in [5.41, 5.74) is 0. The molecule has 2 bridgehead atoms.